The summed E-state index contributed by atoms with van der Waals surface area (Å²) in [7, 11) is 0. The Morgan fingerprint density at radius 3 is 2.46 bits per heavy atom. The van der Waals surface area contributed by atoms with E-state index in [0.29, 0.717) is 5.75 Å². The number of para-hydroxylation sites is 1. The maximum absolute atomic E-state index is 10.4. The lowest BCUT2D eigenvalue weighted by molar-refractivity contribution is 0.419. The Morgan fingerprint density at radius 2 is 1.75 bits per heavy atom. The van der Waals surface area contributed by atoms with Gasteiger partial charge in [-0.3, -0.25) is 5.32 Å². The van der Waals surface area contributed by atoms with Gasteiger partial charge in [0.15, 0.2) is 0 Å². The minimum absolute atomic E-state index is 0.0699. The van der Waals surface area contributed by atoms with Gasteiger partial charge in [-0.15, -0.1) is 11.8 Å². The zero-order valence-corrected chi connectivity index (χ0v) is 17.8. The number of rotatable bonds is 4. The van der Waals surface area contributed by atoms with Gasteiger partial charge in [0.05, 0.1) is 6.04 Å². The summed E-state index contributed by atoms with van der Waals surface area (Å²) in [6, 6.07) is 24.2. The summed E-state index contributed by atoms with van der Waals surface area (Å²) < 4.78 is 1.03. The molecule has 0 fully saturated rings. The second kappa shape index (κ2) is 8.43. The van der Waals surface area contributed by atoms with E-state index in [0.717, 1.165) is 26.9 Å². The molecular formula is C23H21BrN2OS. The van der Waals surface area contributed by atoms with Gasteiger partial charge in [0.1, 0.15) is 11.9 Å². The third-order valence-electron chi connectivity index (χ3n) is 4.84. The lowest BCUT2D eigenvalue weighted by atomic mass is 9.98. The predicted octanol–water partition coefficient (Wildman–Crippen LogP) is 5.85. The van der Waals surface area contributed by atoms with E-state index in [1.807, 2.05) is 30.3 Å². The van der Waals surface area contributed by atoms with Crippen LogP contribution in [0.15, 0.2) is 88.2 Å². The lowest BCUT2D eigenvalue weighted by Gasteiger charge is -2.33. The van der Waals surface area contributed by atoms with E-state index in [1.165, 1.54) is 4.90 Å². The van der Waals surface area contributed by atoms with Crippen molar-refractivity contribution in [2.75, 3.05) is 6.26 Å². The monoisotopic (exact) mass is 452 g/mol. The standard InChI is InChI=1S/C23H21BrN2OS/c1-28-18-11-9-15(10-12-18)23-25-20(16-5-4-6-17(24)13-16)14-21(26-23)19-7-2-3-8-22(19)27/h2-14,21,23,25-27H,1H3. The first kappa shape index (κ1) is 19.1. The van der Waals surface area contributed by atoms with Crippen LogP contribution in [0.1, 0.15) is 28.9 Å². The van der Waals surface area contributed by atoms with Crippen LogP contribution in [0.5, 0.6) is 5.75 Å². The highest BCUT2D eigenvalue weighted by Gasteiger charge is 2.25. The lowest BCUT2D eigenvalue weighted by Crippen LogP contribution is -2.39. The Morgan fingerprint density at radius 1 is 0.964 bits per heavy atom. The number of thioether (sulfide) groups is 1. The fourth-order valence-corrected chi connectivity index (χ4v) is 4.19. The summed E-state index contributed by atoms with van der Waals surface area (Å²) >= 11 is 5.30. The van der Waals surface area contributed by atoms with Crippen molar-refractivity contribution in [2.24, 2.45) is 0 Å². The second-order valence-electron chi connectivity index (χ2n) is 6.64. The molecule has 142 valence electrons. The molecule has 0 spiro atoms. The molecule has 1 aliphatic rings. The molecule has 3 aromatic rings. The van der Waals surface area contributed by atoms with E-state index in [4.69, 9.17) is 0 Å². The third kappa shape index (κ3) is 4.12. The molecule has 5 heteroatoms. The Balaban J connectivity index is 1.74. The van der Waals surface area contributed by atoms with Crippen molar-refractivity contribution in [1.29, 1.82) is 0 Å². The molecule has 3 N–H and O–H groups in total. The molecule has 0 aromatic heterocycles. The van der Waals surface area contributed by atoms with E-state index in [1.54, 1.807) is 17.8 Å². The van der Waals surface area contributed by atoms with Crippen molar-refractivity contribution in [1.82, 2.24) is 10.6 Å². The first-order valence-electron chi connectivity index (χ1n) is 9.06. The minimum atomic E-state index is -0.110. The normalized spacial score (nSPS) is 19.0. The maximum Gasteiger partial charge on any atom is 0.120 e. The summed E-state index contributed by atoms with van der Waals surface area (Å²) in [4.78, 5) is 1.24. The Bertz CT molecular complexity index is 1000. The number of hydrogen-bond donors (Lipinski definition) is 3. The fraction of sp³-hybridized carbons (Fsp3) is 0.130. The summed E-state index contributed by atoms with van der Waals surface area (Å²) in [5, 5.41) is 17.6. The highest BCUT2D eigenvalue weighted by Crippen LogP contribution is 2.33. The average Bonchev–Trinajstić information content (AvgIpc) is 2.74. The number of nitrogens with one attached hydrogen (secondary N) is 2. The van der Waals surface area contributed by atoms with Crippen molar-refractivity contribution >= 4 is 33.4 Å². The molecule has 0 amide bonds. The van der Waals surface area contributed by atoms with Crippen LogP contribution < -0.4 is 10.6 Å². The number of aromatic hydroxyl groups is 1. The van der Waals surface area contributed by atoms with Gasteiger partial charge in [0.25, 0.3) is 0 Å². The Kier molecular flexibility index (Phi) is 5.76. The number of phenolic OH excluding ortho intramolecular Hbond substituents is 1. The van der Waals surface area contributed by atoms with Gasteiger partial charge in [-0.1, -0.05) is 58.4 Å². The smallest absolute Gasteiger partial charge is 0.120 e. The van der Waals surface area contributed by atoms with Crippen molar-refractivity contribution in [2.45, 2.75) is 17.1 Å². The van der Waals surface area contributed by atoms with E-state index < -0.39 is 0 Å². The van der Waals surface area contributed by atoms with E-state index in [9.17, 15) is 5.11 Å². The predicted molar refractivity (Wildman–Crippen MR) is 120 cm³/mol. The molecule has 0 bridgehead atoms. The highest BCUT2D eigenvalue weighted by molar-refractivity contribution is 9.10. The summed E-state index contributed by atoms with van der Waals surface area (Å²) in [6.07, 6.45) is 4.14. The van der Waals surface area contributed by atoms with E-state index in [2.05, 4.69) is 75.3 Å². The molecule has 0 saturated carbocycles. The largest absolute Gasteiger partial charge is 0.508 e. The van der Waals surface area contributed by atoms with Crippen LogP contribution >= 0.6 is 27.7 Å². The van der Waals surface area contributed by atoms with Crippen molar-refractivity contribution < 1.29 is 5.11 Å². The van der Waals surface area contributed by atoms with Gasteiger partial charge in [-0.2, -0.15) is 0 Å². The van der Waals surface area contributed by atoms with Crippen LogP contribution in [0, 0.1) is 0 Å². The molecule has 3 aromatic carbocycles. The molecule has 2 unspecified atom stereocenters. The Hall–Kier alpha value is -2.21. The molecule has 2 atom stereocenters. The van der Waals surface area contributed by atoms with E-state index in [-0.39, 0.29) is 12.2 Å². The van der Waals surface area contributed by atoms with Gasteiger partial charge in [-0.05, 0) is 53.8 Å². The average molecular weight is 453 g/mol. The van der Waals surface area contributed by atoms with E-state index >= 15 is 0 Å². The molecule has 1 heterocycles. The maximum atomic E-state index is 10.4. The number of hydrogen-bond acceptors (Lipinski definition) is 4. The summed E-state index contributed by atoms with van der Waals surface area (Å²) in [6.45, 7) is 0. The number of halogens is 1. The van der Waals surface area contributed by atoms with Gasteiger partial charge in [0, 0.05) is 20.6 Å². The van der Waals surface area contributed by atoms with Crippen LogP contribution in [0.25, 0.3) is 5.70 Å². The van der Waals surface area contributed by atoms with Crippen LogP contribution in [-0.2, 0) is 0 Å². The molecule has 1 aliphatic heterocycles. The molecule has 0 saturated heterocycles. The van der Waals surface area contributed by atoms with Crippen LogP contribution in [0.3, 0.4) is 0 Å². The first-order valence-corrected chi connectivity index (χ1v) is 11.1. The molecular weight excluding hydrogens is 432 g/mol. The van der Waals surface area contributed by atoms with Gasteiger partial charge < -0.3 is 10.4 Å². The number of benzene rings is 3. The zero-order valence-electron chi connectivity index (χ0n) is 15.4. The van der Waals surface area contributed by atoms with Crippen LogP contribution in [0.4, 0.5) is 0 Å². The molecule has 0 aliphatic carbocycles. The van der Waals surface area contributed by atoms with Gasteiger partial charge >= 0.3 is 0 Å². The highest BCUT2D eigenvalue weighted by atomic mass is 79.9. The summed E-state index contributed by atoms with van der Waals surface area (Å²) in [5.41, 5.74) is 4.15. The molecule has 0 radical (unpaired) electrons. The Labute approximate surface area is 178 Å². The zero-order chi connectivity index (χ0) is 19.5. The van der Waals surface area contributed by atoms with Crippen LogP contribution in [0.2, 0.25) is 0 Å². The van der Waals surface area contributed by atoms with Crippen LogP contribution in [-0.4, -0.2) is 11.4 Å². The third-order valence-corrected chi connectivity index (χ3v) is 6.07. The minimum Gasteiger partial charge on any atom is -0.508 e. The SMILES string of the molecule is CSc1ccc(C2NC(c3cccc(Br)c3)=CC(c3ccccc3O)N2)cc1. The molecule has 28 heavy (non-hydrogen) atoms. The van der Waals surface area contributed by atoms with Crippen molar-refractivity contribution in [3.05, 3.63) is 100 Å². The second-order valence-corrected chi connectivity index (χ2v) is 8.44. The number of phenols is 1. The first-order chi connectivity index (χ1) is 13.6. The quantitative estimate of drug-likeness (QED) is 0.434. The topological polar surface area (TPSA) is 44.3 Å². The molecule has 4 rings (SSSR count). The molecule has 3 nitrogen and oxygen atoms in total. The van der Waals surface area contributed by atoms with Gasteiger partial charge in [-0.25, -0.2) is 0 Å². The van der Waals surface area contributed by atoms with Gasteiger partial charge in [0.2, 0.25) is 0 Å². The van der Waals surface area contributed by atoms with Crippen molar-refractivity contribution in [3.63, 3.8) is 0 Å². The summed E-state index contributed by atoms with van der Waals surface area (Å²) in [5.74, 6) is 0.295. The fourth-order valence-electron chi connectivity index (χ4n) is 3.38. The van der Waals surface area contributed by atoms with Crippen molar-refractivity contribution in [3.8, 4) is 5.75 Å².